The highest BCUT2D eigenvalue weighted by Crippen LogP contribution is 2.24. The van der Waals surface area contributed by atoms with Crippen molar-refractivity contribution in [3.8, 4) is 5.75 Å². The summed E-state index contributed by atoms with van der Waals surface area (Å²) in [6, 6.07) is 13.3. The Morgan fingerprint density at radius 2 is 1.68 bits per heavy atom. The van der Waals surface area contributed by atoms with Gasteiger partial charge in [-0.15, -0.1) is 0 Å². The van der Waals surface area contributed by atoms with Crippen molar-refractivity contribution in [3.63, 3.8) is 0 Å². The first kappa shape index (κ1) is 30.4. The minimum absolute atomic E-state index is 0.00699. The fourth-order valence-corrected chi connectivity index (χ4v) is 4.79. The third-order valence-electron chi connectivity index (χ3n) is 5.10. The molecule has 0 radical (unpaired) electrons. The number of hydrogen-bond donors (Lipinski definition) is 2. The van der Waals surface area contributed by atoms with Gasteiger partial charge >= 0.3 is 12.1 Å². The van der Waals surface area contributed by atoms with E-state index in [1.165, 1.54) is 16.4 Å². The van der Waals surface area contributed by atoms with Crippen molar-refractivity contribution in [3.05, 3.63) is 59.1 Å². The van der Waals surface area contributed by atoms with Crippen LogP contribution in [0.1, 0.15) is 12.5 Å². The van der Waals surface area contributed by atoms with E-state index in [0.717, 1.165) is 0 Å². The molecule has 1 saturated heterocycles. The molecule has 1 aliphatic rings. The van der Waals surface area contributed by atoms with Crippen molar-refractivity contribution < 1.29 is 41.0 Å². The number of carbonyl (C=O) groups excluding carboxylic acids is 1. The number of hydrogen-bond acceptors (Lipinski definition) is 6. The van der Waals surface area contributed by atoms with E-state index in [9.17, 15) is 26.4 Å². The Balaban J connectivity index is 0.000000604. The molecule has 0 unspecified atom stereocenters. The van der Waals surface area contributed by atoms with Gasteiger partial charge in [-0.1, -0.05) is 29.8 Å². The normalized spacial score (nSPS) is 14.1. The summed E-state index contributed by atoms with van der Waals surface area (Å²) >= 11 is 6.26. The molecule has 2 aromatic rings. The summed E-state index contributed by atoms with van der Waals surface area (Å²) in [6.07, 6.45) is -5.08. The Morgan fingerprint density at radius 1 is 1.11 bits per heavy atom. The second-order valence-electron chi connectivity index (χ2n) is 7.70. The van der Waals surface area contributed by atoms with Crippen LogP contribution < -0.4 is 10.1 Å². The maximum absolute atomic E-state index is 13.4. The summed E-state index contributed by atoms with van der Waals surface area (Å²) in [5, 5.41) is 10.8. The molecule has 0 aliphatic carbocycles. The molecule has 37 heavy (non-hydrogen) atoms. The Morgan fingerprint density at radius 3 is 2.19 bits per heavy atom. The van der Waals surface area contributed by atoms with Crippen molar-refractivity contribution in [2.45, 2.75) is 24.5 Å². The minimum Gasteiger partial charge on any atom is -0.494 e. The van der Waals surface area contributed by atoms with E-state index in [2.05, 4.69) is 5.32 Å². The van der Waals surface area contributed by atoms with Crippen LogP contribution in [0.5, 0.6) is 5.75 Å². The second-order valence-corrected chi connectivity index (χ2v) is 10.0. The molecule has 1 aliphatic heterocycles. The van der Waals surface area contributed by atoms with Crippen molar-refractivity contribution in [2.75, 3.05) is 39.3 Å². The number of nitrogens with one attached hydrogen (secondary N) is 1. The van der Waals surface area contributed by atoms with E-state index in [-0.39, 0.29) is 23.9 Å². The third-order valence-corrected chi connectivity index (χ3v) is 7.28. The molecule has 1 heterocycles. The molecule has 2 aromatic carbocycles. The Hall–Kier alpha value is -2.87. The number of aliphatic carboxylic acids is 1. The smallest absolute Gasteiger partial charge is 0.490 e. The molecule has 14 heteroatoms. The predicted octanol–water partition coefficient (Wildman–Crippen LogP) is 2.99. The Kier molecular flexibility index (Phi) is 11.2. The van der Waals surface area contributed by atoms with Gasteiger partial charge in [0.1, 0.15) is 5.75 Å². The van der Waals surface area contributed by atoms with E-state index < -0.39 is 22.2 Å². The quantitative estimate of drug-likeness (QED) is 0.505. The average molecular weight is 566 g/mol. The zero-order chi connectivity index (χ0) is 27.6. The molecule has 1 amide bonds. The van der Waals surface area contributed by atoms with E-state index in [1.807, 2.05) is 6.92 Å². The number of benzene rings is 2. The molecule has 0 saturated carbocycles. The third kappa shape index (κ3) is 9.18. The molecular formula is C23H27ClF3N3O6S. The average Bonchev–Trinajstić information content (AvgIpc) is 2.85. The Bertz CT molecular complexity index is 1160. The van der Waals surface area contributed by atoms with Crippen LogP contribution >= 0.6 is 11.6 Å². The van der Waals surface area contributed by atoms with Gasteiger partial charge in [-0.25, -0.2) is 13.2 Å². The number of carboxylic acid groups (broad SMARTS) is 1. The van der Waals surface area contributed by atoms with E-state index in [1.54, 1.807) is 41.3 Å². The highest BCUT2D eigenvalue weighted by molar-refractivity contribution is 7.89. The number of piperazine rings is 1. The summed E-state index contributed by atoms with van der Waals surface area (Å²) in [5.41, 5.74) is 0.641. The SMILES string of the molecule is CCOc1ccc(S(=O)(=O)N(CC(=O)N2CCNCC2)Cc2ccccc2Cl)cc1.O=C(O)C(F)(F)F. The van der Waals surface area contributed by atoms with Crippen molar-refractivity contribution in [1.29, 1.82) is 0 Å². The van der Waals surface area contributed by atoms with Gasteiger partial charge in [0.05, 0.1) is 18.0 Å². The number of ether oxygens (including phenoxy) is 1. The lowest BCUT2D eigenvalue weighted by atomic mass is 10.2. The van der Waals surface area contributed by atoms with E-state index >= 15 is 0 Å². The molecular weight excluding hydrogens is 539 g/mol. The first-order valence-corrected chi connectivity index (χ1v) is 12.9. The highest BCUT2D eigenvalue weighted by Gasteiger charge is 2.38. The maximum atomic E-state index is 13.4. The molecule has 9 nitrogen and oxygen atoms in total. The van der Waals surface area contributed by atoms with Gasteiger partial charge in [0, 0.05) is 37.7 Å². The molecule has 3 rings (SSSR count). The molecule has 0 aromatic heterocycles. The lowest BCUT2D eigenvalue weighted by Crippen LogP contribution is -2.50. The van der Waals surface area contributed by atoms with Crippen LogP contribution in [0, 0.1) is 0 Å². The number of carboxylic acids is 1. The number of sulfonamides is 1. The van der Waals surface area contributed by atoms with Crippen molar-refractivity contribution >= 4 is 33.5 Å². The molecule has 0 spiro atoms. The first-order valence-electron chi connectivity index (χ1n) is 11.1. The lowest BCUT2D eigenvalue weighted by molar-refractivity contribution is -0.192. The minimum atomic E-state index is -5.08. The fraction of sp³-hybridized carbons (Fsp3) is 0.391. The summed E-state index contributed by atoms with van der Waals surface area (Å²) < 4.78 is 65.1. The number of halogens is 4. The molecule has 0 bridgehead atoms. The predicted molar refractivity (Wildman–Crippen MR) is 130 cm³/mol. The fourth-order valence-electron chi connectivity index (χ4n) is 3.23. The van der Waals surface area contributed by atoms with Gasteiger partial charge in [0.25, 0.3) is 0 Å². The van der Waals surface area contributed by atoms with Crippen LogP contribution in [-0.2, 0) is 26.2 Å². The zero-order valence-electron chi connectivity index (χ0n) is 19.9. The summed E-state index contributed by atoms with van der Waals surface area (Å²) in [7, 11) is -3.93. The number of rotatable bonds is 8. The summed E-state index contributed by atoms with van der Waals surface area (Å²) in [4.78, 5) is 23.5. The highest BCUT2D eigenvalue weighted by atomic mass is 35.5. The number of amides is 1. The summed E-state index contributed by atoms with van der Waals surface area (Å²) in [5.74, 6) is -2.39. The zero-order valence-corrected chi connectivity index (χ0v) is 21.4. The van der Waals surface area contributed by atoms with Crippen LogP contribution in [0.25, 0.3) is 0 Å². The lowest BCUT2D eigenvalue weighted by Gasteiger charge is -2.30. The monoisotopic (exact) mass is 565 g/mol. The van der Waals surface area contributed by atoms with Crippen molar-refractivity contribution in [2.24, 2.45) is 0 Å². The van der Waals surface area contributed by atoms with Crippen LogP contribution in [0.4, 0.5) is 13.2 Å². The van der Waals surface area contributed by atoms with Gasteiger partial charge in [-0.05, 0) is 42.8 Å². The van der Waals surface area contributed by atoms with Gasteiger partial charge in [0.15, 0.2) is 0 Å². The van der Waals surface area contributed by atoms with Gasteiger partial charge < -0.3 is 20.1 Å². The first-order chi connectivity index (χ1) is 17.4. The van der Waals surface area contributed by atoms with E-state index in [0.29, 0.717) is 49.1 Å². The summed E-state index contributed by atoms with van der Waals surface area (Å²) in [6.45, 7) is 4.61. The maximum Gasteiger partial charge on any atom is 0.490 e. The van der Waals surface area contributed by atoms with Crippen LogP contribution in [0.3, 0.4) is 0 Å². The number of carbonyl (C=O) groups is 2. The molecule has 204 valence electrons. The molecule has 0 atom stereocenters. The van der Waals surface area contributed by atoms with Crippen molar-refractivity contribution in [1.82, 2.24) is 14.5 Å². The topological polar surface area (TPSA) is 116 Å². The van der Waals surface area contributed by atoms with Crippen LogP contribution in [0.15, 0.2) is 53.4 Å². The Labute approximate surface area is 217 Å². The molecule has 2 N–H and O–H groups in total. The van der Waals surface area contributed by atoms with Gasteiger partial charge in [0.2, 0.25) is 15.9 Å². The second kappa shape index (κ2) is 13.6. The van der Waals surface area contributed by atoms with Crippen LogP contribution in [-0.4, -0.2) is 80.1 Å². The number of alkyl halides is 3. The van der Waals surface area contributed by atoms with Crippen LogP contribution in [0.2, 0.25) is 5.02 Å². The van der Waals surface area contributed by atoms with Gasteiger partial charge in [-0.3, -0.25) is 4.79 Å². The number of nitrogens with zero attached hydrogens (tertiary/aromatic N) is 2. The van der Waals surface area contributed by atoms with E-state index in [4.69, 9.17) is 26.2 Å². The van der Waals surface area contributed by atoms with Gasteiger partial charge in [-0.2, -0.15) is 17.5 Å². The standard InChI is InChI=1S/C21H26ClN3O4S.C2HF3O2/c1-2-29-18-7-9-19(10-8-18)30(27,28)25(15-17-5-3-4-6-20(17)22)16-21(26)24-13-11-23-12-14-24;3-2(4,5)1(6)7/h3-10,23H,2,11-16H2,1H3;(H,6,7). The molecule has 1 fully saturated rings. The largest absolute Gasteiger partial charge is 0.494 e.